The minimum absolute atomic E-state index is 0.0752. The van der Waals surface area contributed by atoms with Crippen molar-refractivity contribution in [2.24, 2.45) is 4.99 Å². The largest absolute Gasteiger partial charge is 0.490 e. The summed E-state index contributed by atoms with van der Waals surface area (Å²) in [4.78, 5) is 18.8. The van der Waals surface area contributed by atoms with Crippen LogP contribution < -0.4 is 10.5 Å². The number of nitrogens with zero attached hydrogens (tertiary/aromatic N) is 5. The van der Waals surface area contributed by atoms with Crippen LogP contribution in [-0.2, 0) is 34.4 Å². The number of unbranched alkanes of at least 4 members (excludes halogenated alkanes) is 15. The minimum Gasteiger partial charge on any atom is -0.490 e. The predicted molar refractivity (Wildman–Crippen MR) is 238 cm³/mol. The van der Waals surface area contributed by atoms with Crippen molar-refractivity contribution in [2.75, 3.05) is 39.2 Å². The standard InChI is InChI=1S/C45H71N6O10P/c1-5-6-7-8-9-10-11-12-13-14-15-16-17-18-19-20-25-56-29-37(57-28-35-21-22-36(27-46)40(26-35)60-34(2)3)30-58-62(54,55)59-32-45(31-48-4)43(53)41(52)42(61-45)38-23-24-39-44(47)49-33-50-51(38)39/h21-24,26,31,33-34,37,41-43,52-53H,5-20,25,28-30,32H2,1-4H3,(H,54,55)(H2,47,49,50)/b48-31-/t37-,41+,42+,43+,45-/m1/s1. The van der Waals surface area contributed by atoms with Crippen LogP contribution in [0.4, 0.5) is 5.82 Å². The van der Waals surface area contributed by atoms with Crippen molar-refractivity contribution < 1.29 is 47.7 Å². The molecule has 0 aliphatic carbocycles. The fourth-order valence-corrected chi connectivity index (χ4v) is 8.35. The van der Waals surface area contributed by atoms with Gasteiger partial charge in [0.1, 0.15) is 48.1 Å². The van der Waals surface area contributed by atoms with E-state index in [4.69, 9.17) is 33.7 Å². The number of aliphatic hydroxyl groups excluding tert-OH is 2. The number of nitrogen functional groups attached to an aromatic ring is 1. The highest BCUT2D eigenvalue weighted by molar-refractivity contribution is 7.47. The third-order valence-electron chi connectivity index (χ3n) is 11.0. The first kappa shape index (κ1) is 51.1. The maximum absolute atomic E-state index is 13.4. The van der Waals surface area contributed by atoms with E-state index in [2.05, 4.69) is 28.1 Å². The number of ether oxygens (including phenoxy) is 4. The number of fused-ring (bicyclic) bond motifs is 1. The van der Waals surface area contributed by atoms with E-state index in [1.807, 2.05) is 13.8 Å². The van der Waals surface area contributed by atoms with Gasteiger partial charge in [-0.05, 0) is 50.1 Å². The molecule has 1 unspecified atom stereocenters. The molecule has 1 fully saturated rings. The van der Waals surface area contributed by atoms with Gasteiger partial charge in [0.2, 0.25) is 0 Å². The first-order valence-corrected chi connectivity index (χ1v) is 24.0. The average Bonchev–Trinajstić information content (AvgIpc) is 3.79. The summed E-state index contributed by atoms with van der Waals surface area (Å²) in [6, 6.07) is 10.6. The van der Waals surface area contributed by atoms with Crippen molar-refractivity contribution in [1.29, 1.82) is 5.26 Å². The van der Waals surface area contributed by atoms with Gasteiger partial charge in [0, 0.05) is 19.9 Å². The van der Waals surface area contributed by atoms with E-state index in [-0.39, 0.29) is 31.7 Å². The lowest BCUT2D eigenvalue weighted by Gasteiger charge is -2.28. The molecule has 1 saturated heterocycles. The van der Waals surface area contributed by atoms with Crippen molar-refractivity contribution in [3.8, 4) is 11.8 Å². The maximum atomic E-state index is 13.4. The Hall–Kier alpha value is -3.49. The van der Waals surface area contributed by atoms with E-state index >= 15 is 0 Å². The Morgan fingerprint density at radius 2 is 1.61 bits per heavy atom. The molecular weight excluding hydrogens is 816 g/mol. The zero-order valence-corrected chi connectivity index (χ0v) is 38.1. The third-order valence-corrected chi connectivity index (χ3v) is 11.9. The van der Waals surface area contributed by atoms with E-state index in [0.29, 0.717) is 29.1 Å². The summed E-state index contributed by atoms with van der Waals surface area (Å²) in [5.74, 6) is 0.636. The van der Waals surface area contributed by atoms with Crippen LogP contribution in [0.1, 0.15) is 146 Å². The molecule has 1 aromatic carbocycles. The molecule has 0 bridgehead atoms. The second kappa shape index (κ2) is 27.0. The summed E-state index contributed by atoms with van der Waals surface area (Å²) in [5, 5.41) is 36.1. The van der Waals surface area contributed by atoms with Crippen molar-refractivity contribution in [2.45, 2.75) is 166 Å². The Morgan fingerprint density at radius 3 is 2.23 bits per heavy atom. The van der Waals surface area contributed by atoms with Crippen LogP contribution in [0.25, 0.3) is 5.52 Å². The third kappa shape index (κ3) is 16.3. The molecule has 4 rings (SSSR count). The minimum atomic E-state index is -4.81. The summed E-state index contributed by atoms with van der Waals surface area (Å²) in [6.45, 7) is 5.57. The average molecular weight is 887 g/mol. The van der Waals surface area contributed by atoms with Crippen LogP contribution in [0.3, 0.4) is 0 Å². The summed E-state index contributed by atoms with van der Waals surface area (Å²) < 4.78 is 49.7. The normalized spacial score (nSPS) is 20.6. The number of nitriles is 1. The lowest BCUT2D eigenvalue weighted by molar-refractivity contribution is -0.0702. The quantitative estimate of drug-likeness (QED) is 0.0263. The van der Waals surface area contributed by atoms with E-state index in [9.17, 15) is 24.9 Å². The number of hydrogen-bond donors (Lipinski definition) is 4. The fraction of sp³-hybridized carbons (Fsp3) is 0.689. The highest BCUT2D eigenvalue weighted by Gasteiger charge is 2.55. The molecule has 346 valence electrons. The predicted octanol–water partition coefficient (Wildman–Crippen LogP) is 8.20. The molecule has 0 radical (unpaired) electrons. The molecule has 17 heteroatoms. The van der Waals surface area contributed by atoms with Gasteiger partial charge >= 0.3 is 7.82 Å². The number of nitrogens with two attached hydrogens (primary N) is 1. The number of phosphoric ester groups is 1. The van der Waals surface area contributed by atoms with Crippen LogP contribution in [0.5, 0.6) is 5.75 Å². The van der Waals surface area contributed by atoms with Crippen LogP contribution in [-0.4, -0.2) is 99.4 Å². The summed E-state index contributed by atoms with van der Waals surface area (Å²) >= 11 is 0. The molecule has 0 amide bonds. The summed E-state index contributed by atoms with van der Waals surface area (Å²) in [7, 11) is -3.38. The second-order valence-electron chi connectivity index (χ2n) is 16.5. The molecule has 2 aromatic heterocycles. The number of benzene rings is 1. The number of anilines is 1. The molecule has 5 N–H and O–H groups in total. The van der Waals surface area contributed by atoms with E-state index in [1.54, 1.807) is 30.3 Å². The van der Waals surface area contributed by atoms with Gasteiger partial charge in [-0.25, -0.2) is 14.1 Å². The number of hydrogen-bond acceptors (Lipinski definition) is 14. The van der Waals surface area contributed by atoms with Crippen LogP contribution in [0.15, 0.2) is 41.7 Å². The van der Waals surface area contributed by atoms with E-state index in [0.717, 1.165) is 24.8 Å². The number of aliphatic hydroxyl groups is 2. The molecular formula is C45H71N6O10P. The number of phosphoric acid groups is 1. The van der Waals surface area contributed by atoms with Gasteiger partial charge in [-0.2, -0.15) is 10.4 Å². The molecule has 3 heterocycles. The van der Waals surface area contributed by atoms with Gasteiger partial charge in [0.05, 0.1) is 43.8 Å². The van der Waals surface area contributed by atoms with E-state index < -0.39 is 44.4 Å². The van der Waals surface area contributed by atoms with Crippen molar-refractivity contribution in [1.82, 2.24) is 14.6 Å². The second-order valence-corrected chi connectivity index (χ2v) is 17.9. The Bertz CT molecular complexity index is 1870. The van der Waals surface area contributed by atoms with Crippen LogP contribution in [0, 0.1) is 11.3 Å². The molecule has 62 heavy (non-hydrogen) atoms. The SMILES string of the molecule is CCCCCCCCCCCCCCCCCCOC[C@H](COP(=O)(O)OC[C@@]1(/C=N\C)O[C@@H](c2ccc3c(N)ncnn23)[C@H](O)[C@@H]1O)OCc1ccc(C#N)c(OC(C)C)c1. The zero-order valence-electron chi connectivity index (χ0n) is 37.2. The first-order chi connectivity index (χ1) is 29.9. The number of rotatable bonds is 32. The van der Waals surface area contributed by atoms with Gasteiger partial charge in [0.25, 0.3) is 0 Å². The van der Waals surface area contributed by atoms with Crippen LogP contribution in [0.2, 0.25) is 0 Å². The number of aromatic nitrogens is 3. The first-order valence-electron chi connectivity index (χ1n) is 22.5. The van der Waals surface area contributed by atoms with Crippen molar-refractivity contribution >= 4 is 25.4 Å². The highest BCUT2D eigenvalue weighted by atomic mass is 31.2. The Balaban J connectivity index is 1.26. The summed E-state index contributed by atoms with van der Waals surface area (Å²) in [5.41, 5.74) is 6.08. The molecule has 1 aliphatic rings. The maximum Gasteiger partial charge on any atom is 0.472 e. The molecule has 16 nitrogen and oxygen atoms in total. The highest BCUT2D eigenvalue weighted by Crippen LogP contribution is 2.47. The van der Waals surface area contributed by atoms with Gasteiger partial charge in [-0.1, -0.05) is 109 Å². The van der Waals surface area contributed by atoms with Crippen molar-refractivity contribution in [3.63, 3.8) is 0 Å². The monoisotopic (exact) mass is 886 g/mol. The smallest absolute Gasteiger partial charge is 0.472 e. The molecule has 0 spiro atoms. The zero-order chi connectivity index (χ0) is 44.8. The van der Waals surface area contributed by atoms with Gasteiger partial charge in [-0.3, -0.25) is 14.0 Å². The van der Waals surface area contributed by atoms with Gasteiger partial charge < -0.3 is 39.8 Å². The molecule has 0 saturated carbocycles. The van der Waals surface area contributed by atoms with Gasteiger partial charge in [0.15, 0.2) is 11.4 Å². The Kier molecular flexibility index (Phi) is 22.3. The Morgan fingerprint density at radius 1 is 0.968 bits per heavy atom. The molecule has 6 atom stereocenters. The number of aliphatic imine (C=N–C) groups is 1. The lowest BCUT2D eigenvalue weighted by atomic mass is 9.96. The lowest BCUT2D eigenvalue weighted by Crippen LogP contribution is -2.48. The van der Waals surface area contributed by atoms with Gasteiger partial charge in [-0.15, -0.1) is 0 Å². The van der Waals surface area contributed by atoms with Crippen molar-refractivity contribution in [3.05, 3.63) is 53.5 Å². The Labute approximate surface area is 367 Å². The fourth-order valence-electron chi connectivity index (χ4n) is 7.56. The van der Waals surface area contributed by atoms with Crippen LogP contribution >= 0.6 is 7.82 Å². The van der Waals surface area contributed by atoms with E-state index in [1.165, 1.54) is 108 Å². The molecule has 3 aromatic rings. The summed E-state index contributed by atoms with van der Waals surface area (Å²) in [6.07, 6.45) is 17.6. The topological polar surface area (TPSA) is 225 Å². The molecule has 1 aliphatic heterocycles.